The number of rotatable bonds is 3. The van der Waals surface area contributed by atoms with E-state index >= 15 is 0 Å². The number of hydrogen-bond donors (Lipinski definition) is 0. The number of halogens is 1. The van der Waals surface area contributed by atoms with Gasteiger partial charge in [0.1, 0.15) is 0 Å². The van der Waals surface area contributed by atoms with E-state index < -0.39 is 0 Å². The third kappa shape index (κ3) is 3.13. The van der Waals surface area contributed by atoms with Crippen LogP contribution in [0.2, 0.25) is 0 Å². The van der Waals surface area contributed by atoms with Crippen LogP contribution in [-0.4, -0.2) is 6.61 Å². The predicted molar refractivity (Wildman–Crippen MR) is 70.6 cm³/mol. The first-order valence-electron chi connectivity index (χ1n) is 6.91. The zero-order chi connectivity index (χ0) is 12.0. The minimum atomic E-state index is 0.298. The smallest absolute Gasteiger partial charge is 0.0743 e. The van der Waals surface area contributed by atoms with Crippen molar-refractivity contribution >= 4 is 11.9 Å². The second-order valence-electron chi connectivity index (χ2n) is 5.63. The Balaban J connectivity index is 2.83. The maximum Gasteiger partial charge on any atom is 0.0743 e. The fraction of sp³-hybridized carbons (Fsp3) is 1.00. The van der Waals surface area contributed by atoms with Crippen molar-refractivity contribution in [3.05, 3.63) is 0 Å². The minimum Gasteiger partial charge on any atom is -0.279 e. The van der Waals surface area contributed by atoms with Crippen LogP contribution in [0, 0.1) is 17.3 Å². The molecule has 1 nitrogen and oxygen atoms in total. The summed E-state index contributed by atoms with van der Waals surface area (Å²) in [6.07, 6.45) is 9.39. The lowest BCUT2D eigenvalue weighted by Gasteiger charge is -2.42. The molecule has 0 heterocycles. The van der Waals surface area contributed by atoms with Gasteiger partial charge in [0.15, 0.2) is 0 Å². The van der Waals surface area contributed by atoms with E-state index in [0.717, 1.165) is 11.8 Å². The van der Waals surface area contributed by atoms with Gasteiger partial charge in [0.2, 0.25) is 0 Å². The molecule has 0 aromatic heterocycles. The SMILES string of the molecule is CCC1(COCl)C(C)CCCCCC[C@@H]1C. The van der Waals surface area contributed by atoms with E-state index in [4.69, 9.17) is 16.2 Å². The van der Waals surface area contributed by atoms with Crippen LogP contribution in [0.1, 0.15) is 65.7 Å². The quantitative estimate of drug-likeness (QED) is 0.667. The van der Waals surface area contributed by atoms with Gasteiger partial charge in [-0.2, -0.15) is 0 Å². The molecule has 0 spiro atoms. The highest BCUT2D eigenvalue weighted by Gasteiger charge is 2.39. The van der Waals surface area contributed by atoms with E-state index in [1.165, 1.54) is 44.9 Å². The van der Waals surface area contributed by atoms with Crippen molar-refractivity contribution < 1.29 is 4.29 Å². The van der Waals surface area contributed by atoms with Gasteiger partial charge in [0.25, 0.3) is 0 Å². The zero-order valence-electron chi connectivity index (χ0n) is 11.1. The molecule has 0 radical (unpaired) electrons. The lowest BCUT2D eigenvalue weighted by atomic mass is 9.64. The van der Waals surface area contributed by atoms with Gasteiger partial charge < -0.3 is 0 Å². The summed E-state index contributed by atoms with van der Waals surface area (Å²) in [4.78, 5) is 0. The van der Waals surface area contributed by atoms with Crippen LogP contribution in [0.15, 0.2) is 0 Å². The highest BCUT2D eigenvalue weighted by molar-refractivity contribution is 6.07. The predicted octanol–water partition coefficient (Wildman–Crippen LogP) is 5.18. The molecule has 1 fully saturated rings. The molecule has 0 aliphatic heterocycles. The molecule has 16 heavy (non-hydrogen) atoms. The van der Waals surface area contributed by atoms with Crippen molar-refractivity contribution in [1.29, 1.82) is 0 Å². The third-order valence-electron chi connectivity index (χ3n) is 4.97. The summed E-state index contributed by atoms with van der Waals surface area (Å²) in [6, 6.07) is 0. The minimum absolute atomic E-state index is 0.298. The van der Waals surface area contributed by atoms with E-state index in [1.54, 1.807) is 0 Å². The van der Waals surface area contributed by atoms with Gasteiger partial charge in [-0.3, -0.25) is 4.29 Å². The van der Waals surface area contributed by atoms with Crippen molar-refractivity contribution in [2.24, 2.45) is 17.3 Å². The van der Waals surface area contributed by atoms with Gasteiger partial charge in [-0.25, -0.2) is 0 Å². The van der Waals surface area contributed by atoms with E-state index in [2.05, 4.69) is 20.8 Å². The molecule has 0 bridgehead atoms. The Morgan fingerprint density at radius 2 is 1.56 bits per heavy atom. The molecule has 2 heteroatoms. The van der Waals surface area contributed by atoms with Crippen molar-refractivity contribution in [2.45, 2.75) is 65.7 Å². The summed E-state index contributed by atoms with van der Waals surface area (Å²) < 4.78 is 5.03. The van der Waals surface area contributed by atoms with Crippen molar-refractivity contribution in [2.75, 3.05) is 6.61 Å². The molecule has 0 aromatic rings. The monoisotopic (exact) mass is 246 g/mol. The van der Waals surface area contributed by atoms with Crippen LogP contribution in [0.5, 0.6) is 0 Å². The molecule has 1 rings (SSSR count). The maximum absolute atomic E-state index is 5.57. The van der Waals surface area contributed by atoms with Gasteiger partial charge in [-0.15, -0.1) is 0 Å². The van der Waals surface area contributed by atoms with Crippen LogP contribution in [0.25, 0.3) is 0 Å². The van der Waals surface area contributed by atoms with Crippen LogP contribution in [-0.2, 0) is 4.29 Å². The Bertz CT molecular complexity index is 179. The van der Waals surface area contributed by atoms with Crippen molar-refractivity contribution in [3.8, 4) is 0 Å². The van der Waals surface area contributed by atoms with Crippen LogP contribution < -0.4 is 0 Å². The molecule has 1 aliphatic carbocycles. The summed E-state index contributed by atoms with van der Waals surface area (Å²) in [5.41, 5.74) is 0.298. The highest BCUT2D eigenvalue weighted by Crippen LogP contribution is 2.45. The molecule has 3 atom stereocenters. The first kappa shape index (κ1) is 14.3. The van der Waals surface area contributed by atoms with Crippen molar-refractivity contribution in [3.63, 3.8) is 0 Å². The van der Waals surface area contributed by atoms with Crippen LogP contribution in [0.3, 0.4) is 0 Å². The molecule has 96 valence electrons. The lowest BCUT2D eigenvalue weighted by Crippen LogP contribution is -2.38. The molecule has 0 aromatic carbocycles. The summed E-state index contributed by atoms with van der Waals surface area (Å²) in [5.74, 6) is 1.45. The zero-order valence-corrected chi connectivity index (χ0v) is 11.9. The molecule has 0 N–H and O–H groups in total. The molecule has 0 saturated heterocycles. The Hall–Kier alpha value is 0.250. The summed E-state index contributed by atoms with van der Waals surface area (Å²) in [6.45, 7) is 7.79. The Morgan fingerprint density at radius 3 is 1.94 bits per heavy atom. The second kappa shape index (κ2) is 6.86. The summed E-state index contributed by atoms with van der Waals surface area (Å²) >= 11 is 5.57. The first-order chi connectivity index (χ1) is 7.67. The molecule has 1 aliphatic rings. The molecule has 2 unspecified atom stereocenters. The second-order valence-corrected chi connectivity index (χ2v) is 5.85. The molecule has 1 saturated carbocycles. The summed E-state index contributed by atoms with van der Waals surface area (Å²) in [5, 5.41) is 0. The van der Waals surface area contributed by atoms with Gasteiger partial charge in [0, 0.05) is 5.41 Å². The molecular weight excluding hydrogens is 220 g/mol. The fourth-order valence-corrected chi connectivity index (χ4v) is 3.70. The molecule has 0 amide bonds. The molecular formula is C14H27ClO. The van der Waals surface area contributed by atoms with E-state index in [9.17, 15) is 0 Å². The standard InChI is InChI=1S/C14H27ClO/c1-4-14(11-16-15)12(2)9-7-5-6-8-10-13(14)3/h12-13H,4-11H2,1-3H3/t12-,13?,14?/m0/s1. The van der Waals surface area contributed by atoms with E-state index in [1.807, 2.05) is 0 Å². The first-order valence-corrected chi connectivity index (χ1v) is 7.21. The average Bonchev–Trinajstić information content (AvgIpc) is 2.34. The van der Waals surface area contributed by atoms with Gasteiger partial charge in [-0.1, -0.05) is 59.3 Å². The average molecular weight is 247 g/mol. The van der Waals surface area contributed by atoms with Gasteiger partial charge in [0.05, 0.1) is 18.5 Å². The van der Waals surface area contributed by atoms with Gasteiger partial charge in [-0.05, 0) is 18.3 Å². The maximum atomic E-state index is 5.57. The lowest BCUT2D eigenvalue weighted by molar-refractivity contribution is 0.0197. The summed E-state index contributed by atoms with van der Waals surface area (Å²) in [7, 11) is 0. The fourth-order valence-electron chi connectivity index (χ4n) is 3.50. The third-order valence-corrected chi connectivity index (χ3v) is 5.08. The van der Waals surface area contributed by atoms with Gasteiger partial charge >= 0.3 is 0 Å². The van der Waals surface area contributed by atoms with E-state index in [0.29, 0.717) is 12.0 Å². The van der Waals surface area contributed by atoms with Crippen LogP contribution in [0.4, 0.5) is 0 Å². The normalized spacial score (nSPS) is 37.5. The van der Waals surface area contributed by atoms with E-state index in [-0.39, 0.29) is 0 Å². The largest absolute Gasteiger partial charge is 0.279 e. The Morgan fingerprint density at radius 1 is 1.06 bits per heavy atom. The Labute approximate surface area is 106 Å². The topological polar surface area (TPSA) is 9.23 Å². The Kier molecular flexibility index (Phi) is 6.13. The number of hydrogen-bond acceptors (Lipinski definition) is 1. The van der Waals surface area contributed by atoms with Crippen molar-refractivity contribution in [1.82, 2.24) is 0 Å². The van der Waals surface area contributed by atoms with Crippen LogP contribution >= 0.6 is 11.9 Å². The highest BCUT2D eigenvalue weighted by atomic mass is 35.5.